The molecule has 0 unspecified atom stereocenters. The molecule has 0 heterocycles. The summed E-state index contributed by atoms with van der Waals surface area (Å²) in [5.74, 6) is -0.162. The van der Waals surface area contributed by atoms with Gasteiger partial charge < -0.3 is 10.1 Å². The summed E-state index contributed by atoms with van der Waals surface area (Å²) < 4.78 is 4.93. The molecular weight excluding hydrogens is 266 g/mol. The molecule has 0 bridgehead atoms. The smallest absolute Gasteiger partial charge is 0.331 e. The lowest BCUT2D eigenvalue weighted by molar-refractivity contribution is -0.144. The van der Waals surface area contributed by atoms with Crippen molar-refractivity contribution in [2.24, 2.45) is 5.92 Å². The summed E-state index contributed by atoms with van der Waals surface area (Å²) in [5, 5.41) is 2.84. The van der Waals surface area contributed by atoms with Crippen molar-refractivity contribution in [2.75, 3.05) is 6.61 Å². The third-order valence-corrected chi connectivity index (χ3v) is 3.65. The van der Waals surface area contributed by atoms with Gasteiger partial charge in [0.05, 0.1) is 0 Å². The van der Waals surface area contributed by atoms with E-state index in [0.717, 1.165) is 11.1 Å². The fraction of sp³-hybridized carbons (Fsp3) is 0.412. The van der Waals surface area contributed by atoms with Crippen molar-refractivity contribution in [3.05, 3.63) is 41.5 Å². The summed E-state index contributed by atoms with van der Waals surface area (Å²) >= 11 is 0. The molecule has 1 aromatic carbocycles. The van der Waals surface area contributed by atoms with Crippen LogP contribution in [0.15, 0.2) is 30.3 Å². The Morgan fingerprint density at radius 1 is 1.38 bits per heavy atom. The zero-order valence-electron chi connectivity index (χ0n) is 12.5. The zero-order chi connectivity index (χ0) is 15.2. The lowest BCUT2D eigenvalue weighted by Gasteiger charge is -2.12. The van der Waals surface area contributed by atoms with Crippen LogP contribution in [-0.2, 0) is 14.3 Å². The molecule has 1 atom stereocenters. The maximum absolute atomic E-state index is 11.6. The van der Waals surface area contributed by atoms with Crippen LogP contribution in [0.3, 0.4) is 0 Å². The summed E-state index contributed by atoms with van der Waals surface area (Å²) in [6.45, 7) is 3.72. The van der Waals surface area contributed by atoms with Gasteiger partial charge in [0.25, 0.3) is 5.91 Å². The van der Waals surface area contributed by atoms with Gasteiger partial charge in [-0.25, -0.2) is 4.79 Å². The largest absolute Gasteiger partial charge is 0.452 e. The first-order valence-corrected chi connectivity index (χ1v) is 7.26. The van der Waals surface area contributed by atoms with Gasteiger partial charge in [-0.15, -0.1) is 0 Å². The molecular formula is C17H21NO3. The van der Waals surface area contributed by atoms with E-state index in [-0.39, 0.29) is 18.6 Å². The predicted molar refractivity (Wildman–Crippen MR) is 81.5 cm³/mol. The van der Waals surface area contributed by atoms with Crippen molar-refractivity contribution in [1.82, 2.24) is 5.32 Å². The van der Waals surface area contributed by atoms with Crippen LogP contribution in [0.5, 0.6) is 0 Å². The Kier molecular flexibility index (Phi) is 5.14. The molecule has 0 spiro atoms. The van der Waals surface area contributed by atoms with Gasteiger partial charge in [0.2, 0.25) is 0 Å². The van der Waals surface area contributed by atoms with Crippen LogP contribution >= 0.6 is 0 Å². The van der Waals surface area contributed by atoms with Gasteiger partial charge in [0.1, 0.15) is 0 Å². The number of hydrogen-bond donors (Lipinski definition) is 1. The lowest BCUT2D eigenvalue weighted by Crippen LogP contribution is -2.36. The van der Waals surface area contributed by atoms with E-state index in [1.807, 2.05) is 38.1 Å². The monoisotopic (exact) mass is 287 g/mol. The fourth-order valence-corrected chi connectivity index (χ4v) is 2.13. The summed E-state index contributed by atoms with van der Waals surface area (Å²) in [7, 11) is 0. The van der Waals surface area contributed by atoms with Crippen LogP contribution in [0.4, 0.5) is 0 Å². The van der Waals surface area contributed by atoms with E-state index in [4.69, 9.17) is 4.74 Å². The Morgan fingerprint density at radius 3 is 2.76 bits per heavy atom. The van der Waals surface area contributed by atoms with Crippen LogP contribution in [0, 0.1) is 12.8 Å². The van der Waals surface area contributed by atoms with Gasteiger partial charge in [0, 0.05) is 12.1 Å². The second kappa shape index (κ2) is 7.07. The number of rotatable bonds is 6. The summed E-state index contributed by atoms with van der Waals surface area (Å²) in [6.07, 6.45) is 5.38. The molecule has 21 heavy (non-hydrogen) atoms. The summed E-state index contributed by atoms with van der Waals surface area (Å²) in [6, 6.07) is 7.90. The van der Waals surface area contributed by atoms with Crippen molar-refractivity contribution in [3.63, 3.8) is 0 Å². The highest BCUT2D eigenvalue weighted by atomic mass is 16.5. The van der Waals surface area contributed by atoms with Crippen LogP contribution in [0.2, 0.25) is 0 Å². The molecule has 0 radical (unpaired) electrons. The van der Waals surface area contributed by atoms with E-state index in [1.54, 1.807) is 6.08 Å². The van der Waals surface area contributed by atoms with Crippen LogP contribution < -0.4 is 5.32 Å². The number of benzene rings is 1. The van der Waals surface area contributed by atoms with Gasteiger partial charge in [-0.05, 0) is 49.8 Å². The third-order valence-electron chi connectivity index (χ3n) is 3.65. The molecule has 0 saturated heterocycles. The number of ether oxygens (including phenoxy) is 1. The van der Waals surface area contributed by atoms with Crippen molar-refractivity contribution < 1.29 is 14.3 Å². The van der Waals surface area contributed by atoms with Gasteiger partial charge >= 0.3 is 5.97 Å². The van der Waals surface area contributed by atoms with Gasteiger partial charge in [-0.2, -0.15) is 0 Å². The number of amides is 1. The van der Waals surface area contributed by atoms with Crippen LogP contribution in [-0.4, -0.2) is 24.5 Å². The Morgan fingerprint density at radius 2 is 2.10 bits per heavy atom. The fourth-order valence-electron chi connectivity index (χ4n) is 2.13. The molecule has 1 N–H and O–H groups in total. The van der Waals surface area contributed by atoms with E-state index >= 15 is 0 Å². The average Bonchev–Trinajstić information content (AvgIpc) is 3.29. The van der Waals surface area contributed by atoms with Gasteiger partial charge in [-0.3, -0.25) is 4.79 Å². The Bertz CT molecular complexity index is 547. The average molecular weight is 287 g/mol. The van der Waals surface area contributed by atoms with Crippen LogP contribution in [0.1, 0.15) is 30.9 Å². The highest BCUT2D eigenvalue weighted by Crippen LogP contribution is 2.32. The van der Waals surface area contributed by atoms with Gasteiger partial charge in [-0.1, -0.05) is 24.3 Å². The number of nitrogens with one attached hydrogen (secondary N) is 1. The highest BCUT2D eigenvalue weighted by Gasteiger charge is 2.28. The van der Waals surface area contributed by atoms with E-state index in [0.29, 0.717) is 5.92 Å². The second-order valence-corrected chi connectivity index (χ2v) is 5.49. The quantitative estimate of drug-likeness (QED) is 0.646. The van der Waals surface area contributed by atoms with E-state index in [1.165, 1.54) is 18.9 Å². The Labute approximate surface area is 125 Å². The normalized spacial score (nSPS) is 15.7. The first-order chi connectivity index (χ1) is 10.1. The van der Waals surface area contributed by atoms with E-state index in [9.17, 15) is 9.59 Å². The molecule has 1 aliphatic rings. The van der Waals surface area contributed by atoms with Crippen molar-refractivity contribution >= 4 is 18.0 Å². The standard InChI is InChI=1S/C17H21NO3/c1-12-5-3-4-6-14(12)9-10-17(20)21-11-16(19)18-13(2)15-7-8-15/h3-6,9-10,13,15H,7-8,11H2,1-2H3,(H,18,19)/b10-9+/t13-/m1/s1. The number of aryl methyl sites for hydroxylation is 1. The third kappa shape index (κ3) is 5.06. The SMILES string of the molecule is Cc1ccccc1/C=C/C(=O)OCC(=O)N[C@H](C)C1CC1. The molecule has 0 aromatic heterocycles. The molecule has 1 aromatic rings. The topological polar surface area (TPSA) is 55.4 Å². The van der Waals surface area contributed by atoms with Gasteiger partial charge in [0.15, 0.2) is 6.61 Å². The first-order valence-electron chi connectivity index (χ1n) is 7.26. The molecule has 4 nitrogen and oxygen atoms in total. The molecule has 2 rings (SSSR count). The lowest BCUT2D eigenvalue weighted by atomic mass is 10.1. The van der Waals surface area contributed by atoms with Crippen LogP contribution in [0.25, 0.3) is 6.08 Å². The number of esters is 1. The summed E-state index contributed by atoms with van der Waals surface area (Å²) in [5.41, 5.74) is 2.04. The maximum atomic E-state index is 11.6. The van der Waals surface area contributed by atoms with Crippen molar-refractivity contribution in [1.29, 1.82) is 0 Å². The molecule has 4 heteroatoms. The Hall–Kier alpha value is -2.10. The molecule has 1 fully saturated rings. The Balaban J connectivity index is 1.74. The van der Waals surface area contributed by atoms with Crippen molar-refractivity contribution in [2.45, 2.75) is 32.7 Å². The number of carbonyl (C=O) groups is 2. The molecule has 112 valence electrons. The molecule has 1 saturated carbocycles. The zero-order valence-corrected chi connectivity index (χ0v) is 12.5. The molecule has 1 aliphatic carbocycles. The van der Waals surface area contributed by atoms with E-state index < -0.39 is 5.97 Å². The highest BCUT2D eigenvalue weighted by molar-refractivity contribution is 5.89. The molecule has 1 amide bonds. The van der Waals surface area contributed by atoms with E-state index in [2.05, 4.69) is 5.32 Å². The predicted octanol–water partition coefficient (Wildman–Crippen LogP) is 2.47. The summed E-state index contributed by atoms with van der Waals surface area (Å²) in [4.78, 5) is 23.2. The van der Waals surface area contributed by atoms with Crippen molar-refractivity contribution in [3.8, 4) is 0 Å². The first kappa shape index (κ1) is 15.3. The maximum Gasteiger partial charge on any atom is 0.331 e. The second-order valence-electron chi connectivity index (χ2n) is 5.49. The minimum atomic E-state index is -0.507. The molecule has 0 aliphatic heterocycles. The minimum Gasteiger partial charge on any atom is -0.452 e. The minimum absolute atomic E-state index is 0.165. The number of carbonyl (C=O) groups excluding carboxylic acids is 2. The number of hydrogen-bond acceptors (Lipinski definition) is 3.